The second-order valence-electron chi connectivity index (χ2n) is 11.2. The Morgan fingerprint density at radius 1 is 0.711 bits per heavy atom. The Balaban J connectivity index is 1.15. The number of aliphatic hydroxyl groups is 2. The van der Waals surface area contributed by atoms with Gasteiger partial charge in [0, 0.05) is 81.1 Å². The molecule has 45 heavy (non-hydrogen) atoms. The topological polar surface area (TPSA) is 55.8 Å². The molecule has 0 fully saturated rings. The van der Waals surface area contributed by atoms with Crippen LogP contribution >= 0.6 is 21.6 Å². The van der Waals surface area contributed by atoms with Gasteiger partial charge in [-0.15, -0.1) is 0 Å². The maximum absolute atomic E-state index is 9.14. The molecule has 2 aromatic carbocycles. The monoisotopic (exact) mass is 643 g/mol. The number of hydrogen-bond donors (Lipinski definition) is 2. The molecule has 0 radical (unpaired) electrons. The van der Waals surface area contributed by atoms with E-state index in [9.17, 15) is 0 Å². The van der Waals surface area contributed by atoms with E-state index >= 15 is 0 Å². The fourth-order valence-electron chi connectivity index (χ4n) is 4.95. The summed E-state index contributed by atoms with van der Waals surface area (Å²) in [5, 5.41) is 18.2. The molecule has 2 heterocycles. The molecule has 0 saturated heterocycles. The predicted octanol–water partition coefficient (Wildman–Crippen LogP) is 6.84. The molecule has 0 aliphatic rings. The Bertz CT molecular complexity index is 1510. The van der Waals surface area contributed by atoms with Crippen LogP contribution in [0.4, 0.5) is 11.4 Å². The highest BCUT2D eigenvalue weighted by Gasteiger charge is 2.06. The zero-order valence-electron chi connectivity index (χ0n) is 27.0. The SMILES string of the molecule is C/C(=C\c1ccc(N(C)CCSSCCN(C)c2ccc(/C=C(\C)c3ccn(CCO)c3)cc2)cc1)c1cc[n+](CCO)cc1. The zero-order chi connectivity index (χ0) is 32.0. The first kappa shape index (κ1) is 34.4. The van der Waals surface area contributed by atoms with Gasteiger partial charge in [-0.25, -0.2) is 4.57 Å². The number of aliphatic hydroxyl groups excluding tert-OH is 2. The van der Waals surface area contributed by atoms with E-state index < -0.39 is 0 Å². The van der Waals surface area contributed by atoms with Crippen LogP contribution in [-0.4, -0.2) is 66.7 Å². The highest BCUT2D eigenvalue weighted by atomic mass is 33.1. The standard InChI is InChI=1S/C37H47N4O2S2/c1-30(34-13-16-40(17-14-34)19-23-42)27-32-5-9-36(10-6-32)38(3)21-25-44-45-26-22-39(4)37-11-7-33(8-12-37)28-31(2)35-15-18-41(29-35)20-24-43/h5-18,27-29,42-43H,19-26H2,1-4H3/q+1/b31-28+. The molecule has 6 nitrogen and oxygen atoms in total. The minimum atomic E-state index is 0.148. The third kappa shape index (κ3) is 10.9. The molecule has 0 unspecified atom stereocenters. The molecule has 0 aliphatic carbocycles. The van der Waals surface area contributed by atoms with Gasteiger partial charge in [0.05, 0.1) is 6.61 Å². The van der Waals surface area contributed by atoms with Gasteiger partial charge in [-0.05, 0) is 77.6 Å². The van der Waals surface area contributed by atoms with Gasteiger partial charge < -0.3 is 24.6 Å². The molecular formula is C37H47N4O2S2+. The third-order valence-corrected chi connectivity index (χ3v) is 10.2. The van der Waals surface area contributed by atoms with Gasteiger partial charge in [-0.3, -0.25) is 0 Å². The van der Waals surface area contributed by atoms with Crippen molar-refractivity contribution in [3.8, 4) is 0 Å². The summed E-state index contributed by atoms with van der Waals surface area (Å²) >= 11 is 0. The van der Waals surface area contributed by atoms with Crippen molar-refractivity contribution in [2.75, 3.05) is 61.7 Å². The third-order valence-electron chi connectivity index (χ3n) is 7.81. The van der Waals surface area contributed by atoms with Crippen LogP contribution in [0.25, 0.3) is 23.3 Å². The minimum absolute atomic E-state index is 0.148. The summed E-state index contributed by atoms with van der Waals surface area (Å²) in [5.74, 6) is 2.14. The van der Waals surface area contributed by atoms with E-state index in [1.54, 1.807) is 0 Å². The Morgan fingerprint density at radius 3 is 1.71 bits per heavy atom. The van der Waals surface area contributed by atoms with E-state index in [0.29, 0.717) is 13.1 Å². The lowest BCUT2D eigenvalue weighted by atomic mass is 10.1. The van der Waals surface area contributed by atoms with Crippen molar-refractivity contribution in [2.45, 2.75) is 26.9 Å². The van der Waals surface area contributed by atoms with Gasteiger partial charge in [0.25, 0.3) is 0 Å². The Morgan fingerprint density at radius 2 is 1.22 bits per heavy atom. The molecule has 4 aromatic rings. The Hall–Kier alpha value is -3.43. The number of aromatic nitrogens is 2. The van der Waals surface area contributed by atoms with Crippen LogP contribution in [0.1, 0.15) is 36.1 Å². The number of anilines is 2. The number of allylic oxidation sites excluding steroid dienone is 2. The second kappa shape index (κ2) is 17.9. The maximum atomic E-state index is 9.14. The molecule has 2 aromatic heterocycles. The molecule has 0 aliphatic heterocycles. The molecule has 4 rings (SSSR count). The average Bonchev–Trinajstić information content (AvgIpc) is 3.53. The summed E-state index contributed by atoms with van der Waals surface area (Å²) in [5.41, 5.74) is 9.64. The van der Waals surface area contributed by atoms with Crippen molar-refractivity contribution in [1.82, 2.24) is 4.57 Å². The largest absolute Gasteiger partial charge is 0.395 e. The summed E-state index contributed by atoms with van der Waals surface area (Å²) in [6.07, 6.45) is 12.5. The summed E-state index contributed by atoms with van der Waals surface area (Å²) in [6, 6.07) is 23.8. The molecule has 0 bridgehead atoms. The summed E-state index contributed by atoms with van der Waals surface area (Å²) in [4.78, 5) is 4.64. The minimum Gasteiger partial charge on any atom is -0.395 e. The second-order valence-corrected chi connectivity index (χ2v) is 13.9. The van der Waals surface area contributed by atoms with Crippen LogP contribution < -0.4 is 14.4 Å². The van der Waals surface area contributed by atoms with Crippen LogP contribution in [0, 0.1) is 0 Å². The van der Waals surface area contributed by atoms with Gasteiger partial charge in [0.2, 0.25) is 0 Å². The van der Waals surface area contributed by atoms with Crippen molar-refractivity contribution in [1.29, 1.82) is 0 Å². The van der Waals surface area contributed by atoms with Gasteiger partial charge >= 0.3 is 0 Å². The highest BCUT2D eigenvalue weighted by molar-refractivity contribution is 8.76. The number of pyridine rings is 1. The van der Waals surface area contributed by atoms with Crippen LogP contribution in [0.5, 0.6) is 0 Å². The van der Waals surface area contributed by atoms with Crippen molar-refractivity contribution < 1.29 is 14.8 Å². The van der Waals surface area contributed by atoms with Gasteiger partial charge in [0.1, 0.15) is 6.61 Å². The molecule has 238 valence electrons. The van der Waals surface area contributed by atoms with Crippen LogP contribution in [0.3, 0.4) is 0 Å². The van der Waals surface area contributed by atoms with E-state index in [1.807, 2.05) is 49.3 Å². The van der Waals surface area contributed by atoms with Crippen LogP contribution in [-0.2, 0) is 13.1 Å². The number of nitrogens with zero attached hydrogens (tertiary/aromatic N) is 4. The normalized spacial score (nSPS) is 12.0. The van der Waals surface area contributed by atoms with E-state index in [0.717, 1.165) is 24.6 Å². The van der Waals surface area contributed by atoms with Gasteiger partial charge in [0.15, 0.2) is 18.9 Å². The van der Waals surface area contributed by atoms with Crippen LogP contribution in [0.15, 0.2) is 91.5 Å². The first-order valence-electron chi connectivity index (χ1n) is 15.5. The lowest BCUT2D eigenvalue weighted by Gasteiger charge is -2.20. The van der Waals surface area contributed by atoms with Crippen molar-refractivity contribution >= 4 is 56.3 Å². The summed E-state index contributed by atoms with van der Waals surface area (Å²) < 4.78 is 4.00. The Kier molecular flexibility index (Phi) is 13.7. The lowest BCUT2D eigenvalue weighted by molar-refractivity contribution is -0.698. The fourth-order valence-corrected chi connectivity index (χ4v) is 7.04. The van der Waals surface area contributed by atoms with Gasteiger partial charge in [-0.2, -0.15) is 0 Å². The quantitative estimate of drug-likeness (QED) is 0.0747. The Labute approximate surface area is 277 Å². The first-order valence-corrected chi connectivity index (χ1v) is 18.0. The predicted molar refractivity (Wildman–Crippen MR) is 197 cm³/mol. The van der Waals surface area contributed by atoms with E-state index in [4.69, 9.17) is 10.2 Å². The average molecular weight is 644 g/mol. The first-order chi connectivity index (χ1) is 21.9. The zero-order valence-corrected chi connectivity index (χ0v) is 28.6. The molecule has 0 spiro atoms. The lowest BCUT2D eigenvalue weighted by Crippen LogP contribution is -2.34. The molecule has 0 atom stereocenters. The van der Waals surface area contributed by atoms with E-state index in [-0.39, 0.29) is 13.2 Å². The van der Waals surface area contributed by atoms with Crippen LogP contribution in [0.2, 0.25) is 0 Å². The molecule has 0 amide bonds. The summed E-state index contributed by atoms with van der Waals surface area (Å²) in [6.45, 7) is 7.81. The highest BCUT2D eigenvalue weighted by Crippen LogP contribution is 2.25. The van der Waals surface area contributed by atoms with E-state index in [1.165, 1.54) is 44.8 Å². The molecule has 2 N–H and O–H groups in total. The number of hydrogen-bond acceptors (Lipinski definition) is 6. The maximum Gasteiger partial charge on any atom is 0.171 e. The molecular weight excluding hydrogens is 597 g/mol. The smallest absolute Gasteiger partial charge is 0.171 e. The number of rotatable bonds is 17. The van der Waals surface area contributed by atoms with Crippen molar-refractivity contribution in [3.05, 3.63) is 114 Å². The molecule has 0 saturated carbocycles. The summed E-state index contributed by atoms with van der Waals surface area (Å²) in [7, 11) is 8.20. The van der Waals surface area contributed by atoms with Crippen molar-refractivity contribution in [2.24, 2.45) is 0 Å². The fraction of sp³-hybridized carbons (Fsp3) is 0.324. The van der Waals surface area contributed by atoms with E-state index in [2.05, 4.69) is 123 Å². The molecule has 8 heteroatoms. The van der Waals surface area contributed by atoms with Crippen molar-refractivity contribution in [3.63, 3.8) is 0 Å². The number of benzene rings is 2. The van der Waals surface area contributed by atoms with Gasteiger partial charge in [-0.1, -0.05) is 58.0 Å².